The summed E-state index contributed by atoms with van der Waals surface area (Å²) in [6.45, 7) is 3.02. The average molecular weight is 612 g/mol. The van der Waals surface area contributed by atoms with E-state index in [1.165, 1.54) is 0 Å². The summed E-state index contributed by atoms with van der Waals surface area (Å²) >= 11 is 0. The Morgan fingerprint density at radius 2 is 1.30 bits per heavy atom. The minimum Gasteiger partial charge on any atom is -0.316 e. The molecule has 3 heterocycles. The highest BCUT2D eigenvalue weighted by Gasteiger charge is 2.41. The third-order valence-corrected chi connectivity index (χ3v) is 9.07. The third kappa shape index (κ3) is 4.95. The summed E-state index contributed by atoms with van der Waals surface area (Å²) in [7, 11) is 0. The Kier molecular flexibility index (Phi) is 7.10. The Labute approximate surface area is 274 Å². The molecule has 8 rings (SSSR count). The van der Waals surface area contributed by atoms with Crippen molar-refractivity contribution >= 4 is 22.6 Å². The zero-order valence-corrected chi connectivity index (χ0v) is 26.0. The summed E-state index contributed by atoms with van der Waals surface area (Å²) < 4.78 is 2.16. The standard InChI is InChI=1S/C41H33N5O/c1-29-24-31(22-23-42-29)39-36-25-32-28-45(27-30-14-6-2-7-15-30)40(47)43-37(32)26-38(36)46(44-39)41(33-16-8-3-9-17-33,34-18-10-4-11-19-34)35-20-12-5-13-21-35/h2-26H,27-28H2,1H3,(H,43,47). The molecule has 1 N–H and O–H groups in total. The number of hydrogen-bond donors (Lipinski definition) is 1. The van der Waals surface area contributed by atoms with Crippen LogP contribution in [0.2, 0.25) is 0 Å². The second-order valence-electron chi connectivity index (χ2n) is 12.1. The van der Waals surface area contributed by atoms with E-state index in [4.69, 9.17) is 5.10 Å². The largest absolute Gasteiger partial charge is 0.322 e. The molecule has 0 saturated carbocycles. The van der Waals surface area contributed by atoms with Crippen molar-refractivity contribution in [3.8, 4) is 11.3 Å². The Morgan fingerprint density at radius 3 is 1.87 bits per heavy atom. The molecule has 228 valence electrons. The van der Waals surface area contributed by atoms with Crippen LogP contribution in [0.5, 0.6) is 0 Å². The van der Waals surface area contributed by atoms with Gasteiger partial charge in [0.2, 0.25) is 0 Å². The first-order chi connectivity index (χ1) is 23.1. The van der Waals surface area contributed by atoms with E-state index in [0.717, 1.165) is 61.4 Å². The number of nitrogens with zero attached hydrogens (tertiary/aromatic N) is 4. The fourth-order valence-electron chi connectivity index (χ4n) is 6.92. The highest BCUT2D eigenvalue weighted by atomic mass is 16.2. The van der Waals surface area contributed by atoms with Gasteiger partial charge in [0.05, 0.1) is 5.52 Å². The first kappa shape index (κ1) is 28.5. The van der Waals surface area contributed by atoms with Crippen molar-refractivity contribution in [2.45, 2.75) is 25.6 Å². The van der Waals surface area contributed by atoms with Gasteiger partial charge in [0.25, 0.3) is 0 Å². The second-order valence-corrected chi connectivity index (χ2v) is 12.1. The number of pyridine rings is 1. The van der Waals surface area contributed by atoms with E-state index in [1.54, 1.807) is 0 Å². The number of benzene rings is 5. The molecular weight excluding hydrogens is 578 g/mol. The lowest BCUT2D eigenvalue weighted by Gasteiger charge is -2.37. The van der Waals surface area contributed by atoms with Crippen LogP contribution in [0.4, 0.5) is 10.5 Å². The van der Waals surface area contributed by atoms with Crippen molar-refractivity contribution in [3.63, 3.8) is 0 Å². The van der Waals surface area contributed by atoms with Crippen LogP contribution in [0.25, 0.3) is 22.2 Å². The molecule has 6 nitrogen and oxygen atoms in total. The van der Waals surface area contributed by atoms with Gasteiger partial charge in [0, 0.05) is 41.6 Å². The number of aromatic nitrogens is 3. The summed E-state index contributed by atoms with van der Waals surface area (Å²) in [4.78, 5) is 19.8. The number of fused-ring (bicyclic) bond motifs is 2. The van der Waals surface area contributed by atoms with Crippen molar-refractivity contribution in [1.29, 1.82) is 0 Å². The summed E-state index contributed by atoms with van der Waals surface area (Å²) in [5.74, 6) is 0. The van der Waals surface area contributed by atoms with Crippen LogP contribution in [-0.2, 0) is 18.6 Å². The quantitative estimate of drug-likeness (QED) is 0.183. The predicted molar refractivity (Wildman–Crippen MR) is 187 cm³/mol. The Morgan fingerprint density at radius 1 is 0.723 bits per heavy atom. The van der Waals surface area contributed by atoms with Crippen LogP contribution in [0.1, 0.15) is 33.5 Å². The molecule has 1 aliphatic heterocycles. The van der Waals surface area contributed by atoms with Gasteiger partial charge in [-0.05, 0) is 59.0 Å². The van der Waals surface area contributed by atoms with Crippen LogP contribution in [0.3, 0.4) is 0 Å². The Balaban J connectivity index is 1.42. The lowest BCUT2D eigenvalue weighted by Crippen LogP contribution is -2.39. The number of aryl methyl sites for hydroxylation is 1. The van der Waals surface area contributed by atoms with Gasteiger partial charge in [-0.15, -0.1) is 0 Å². The number of carbonyl (C=O) groups excluding carboxylic acids is 1. The minimum atomic E-state index is -0.825. The number of anilines is 1. The van der Waals surface area contributed by atoms with E-state index >= 15 is 0 Å². The van der Waals surface area contributed by atoms with Crippen molar-refractivity contribution in [2.75, 3.05) is 5.32 Å². The molecule has 0 saturated heterocycles. The fraction of sp³-hybridized carbons (Fsp3) is 0.0976. The zero-order chi connectivity index (χ0) is 31.8. The molecule has 47 heavy (non-hydrogen) atoms. The molecular formula is C41H33N5O. The van der Waals surface area contributed by atoms with Crippen molar-refractivity contribution in [2.24, 2.45) is 0 Å². The molecule has 0 spiro atoms. The van der Waals surface area contributed by atoms with Gasteiger partial charge in [-0.25, -0.2) is 9.48 Å². The Hall–Kier alpha value is -6.01. The summed E-state index contributed by atoms with van der Waals surface area (Å²) in [6.07, 6.45) is 1.84. The molecule has 1 aliphatic rings. The van der Waals surface area contributed by atoms with Gasteiger partial charge >= 0.3 is 6.03 Å². The third-order valence-electron chi connectivity index (χ3n) is 9.07. The highest BCUT2D eigenvalue weighted by Crippen LogP contribution is 2.45. The average Bonchev–Trinajstić information content (AvgIpc) is 3.48. The molecule has 5 aromatic carbocycles. The maximum absolute atomic E-state index is 13.5. The lowest BCUT2D eigenvalue weighted by atomic mass is 9.77. The van der Waals surface area contributed by atoms with E-state index < -0.39 is 5.54 Å². The highest BCUT2D eigenvalue weighted by molar-refractivity contribution is 6.00. The van der Waals surface area contributed by atoms with Crippen LogP contribution < -0.4 is 5.32 Å². The summed E-state index contributed by atoms with van der Waals surface area (Å²) in [5.41, 5.74) is 9.04. The molecule has 2 amide bonds. The molecule has 0 atom stereocenters. The van der Waals surface area contributed by atoms with Crippen LogP contribution in [0.15, 0.2) is 152 Å². The smallest absolute Gasteiger partial charge is 0.316 e. The van der Waals surface area contributed by atoms with E-state index in [-0.39, 0.29) is 6.03 Å². The van der Waals surface area contributed by atoms with Crippen LogP contribution in [0, 0.1) is 6.92 Å². The molecule has 0 aliphatic carbocycles. The second kappa shape index (κ2) is 11.7. The van der Waals surface area contributed by atoms with E-state index in [9.17, 15) is 4.79 Å². The molecule has 7 aromatic rings. The van der Waals surface area contributed by atoms with Gasteiger partial charge in [-0.2, -0.15) is 5.10 Å². The van der Waals surface area contributed by atoms with Crippen LogP contribution in [-0.4, -0.2) is 25.7 Å². The first-order valence-electron chi connectivity index (χ1n) is 15.9. The van der Waals surface area contributed by atoms with Crippen molar-refractivity contribution < 1.29 is 4.79 Å². The number of nitrogens with one attached hydrogen (secondary N) is 1. The molecule has 0 unspecified atom stereocenters. The maximum Gasteiger partial charge on any atom is 0.322 e. The van der Waals surface area contributed by atoms with Gasteiger partial charge in [-0.1, -0.05) is 121 Å². The van der Waals surface area contributed by atoms with E-state index in [2.05, 4.69) is 118 Å². The molecule has 0 bridgehead atoms. The minimum absolute atomic E-state index is 0.114. The fourth-order valence-corrected chi connectivity index (χ4v) is 6.92. The van der Waals surface area contributed by atoms with Crippen molar-refractivity contribution in [1.82, 2.24) is 19.7 Å². The van der Waals surface area contributed by atoms with E-state index in [1.807, 2.05) is 60.5 Å². The number of urea groups is 1. The van der Waals surface area contributed by atoms with Gasteiger partial charge in [0.1, 0.15) is 11.2 Å². The monoisotopic (exact) mass is 611 g/mol. The van der Waals surface area contributed by atoms with Gasteiger partial charge in [0.15, 0.2) is 0 Å². The molecule has 6 heteroatoms. The molecule has 0 radical (unpaired) electrons. The Bertz CT molecular complexity index is 2100. The number of rotatable bonds is 7. The number of hydrogen-bond acceptors (Lipinski definition) is 3. The molecule has 0 fully saturated rings. The maximum atomic E-state index is 13.5. The lowest BCUT2D eigenvalue weighted by molar-refractivity contribution is 0.204. The van der Waals surface area contributed by atoms with Gasteiger partial charge < -0.3 is 10.2 Å². The summed E-state index contributed by atoms with van der Waals surface area (Å²) in [6, 6.07) is 50.1. The number of amides is 2. The van der Waals surface area contributed by atoms with Gasteiger partial charge in [-0.3, -0.25) is 4.98 Å². The van der Waals surface area contributed by atoms with Crippen molar-refractivity contribution in [3.05, 3.63) is 185 Å². The van der Waals surface area contributed by atoms with E-state index in [0.29, 0.717) is 13.1 Å². The normalized spacial score (nSPS) is 13.0. The predicted octanol–water partition coefficient (Wildman–Crippen LogP) is 8.79. The molecule has 2 aromatic heterocycles. The number of carbonyl (C=O) groups is 1. The summed E-state index contributed by atoms with van der Waals surface area (Å²) in [5, 5.41) is 9.77. The van der Waals surface area contributed by atoms with Crippen LogP contribution >= 0.6 is 0 Å². The SMILES string of the molecule is Cc1cc(-c2nn(C(c3ccccc3)(c3ccccc3)c3ccccc3)c3cc4c(cc23)CN(Cc2ccccc2)C(=O)N4)ccn1. The zero-order valence-electron chi connectivity index (χ0n) is 26.0. The topological polar surface area (TPSA) is 63.1 Å². The first-order valence-corrected chi connectivity index (χ1v) is 15.9.